The number of halogens is 1. The number of carbonyl (C=O) groups excluding carboxylic acids is 1. The first-order chi connectivity index (χ1) is 11.0. The molecule has 2 aromatic rings. The zero-order valence-corrected chi connectivity index (χ0v) is 13.5. The predicted octanol–water partition coefficient (Wildman–Crippen LogP) is 2.95. The smallest absolute Gasteiger partial charge is 0.223 e. The molecule has 0 bridgehead atoms. The van der Waals surface area contributed by atoms with Crippen LogP contribution >= 0.6 is 0 Å². The van der Waals surface area contributed by atoms with E-state index in [2.05, 4.69) is 9.97 Å². The minimum Gasteiger partial charge on any atom is -0.497 e. The molecule has 5 nitrogen and oxygen atoms in total. The summed E-state index contributed by atoms with van der Waals surface area (Å²) in [5, 5.41) is 0. The fraction of sp³-hybridized carbons (Fsp3) is 0.412. The summed E-state index contributed by atoms with van der Waals surface area (Å²) in [6.07, 6.45) is 2.05. The summed E-state index contributed by atoms with van der Waals surface area (Å²) >= 11 is 0. The van der Waals surface area contributed by atoms with Gasteiger partial charge >= 0.3 is 0 Å². The van der Waals surface area contributed by atoms with Crippen LogP contribution in [0.15, 0.2) is 24.4 Å². The second-order valence-electron chi connectivity index (χ2n) is 6.07. The second-order valence-corrected chi connectivity index (χ2v) is 6.07. The minimum absolute atomic E-state index is 0.0277. The monoisotopic (exact) mass is 317 g/mol. The highest BCUT2D eigenvalue weighted by Crippen LogP contribution is 2.30. The van der Waals surface area contributed by atoms with Crippen molar-refractivity contribution in [2.45, 2.75) is 32.2 Å². The average molecular weight is 317 g/mol. The Balaban J connectivity index is 1.83. The standard InChI is InChI=1S/C17H20FN3O2/c1-10(2)21-9-11(6-16(21)22)17-19-8-15(20-17)13-5-4-12(23-3)7-14(13)18/h4-5,7-8,10-11H,6,9H2,1-3H3,(H,19,20)/t11-/m1/s1. The van der Waals surface area contributed by atoms with Crippen molar-refractivity contribution in [3.63, 3.8) is 0 Å². The molecule has 1 saturated heterocycles. The largest absolute Gasteiger partial charge is 0.497 e. The van der Waals surface area contributed by atoms with Crippen LogP contribution in [0, 0.1) is 5.82 Å². The summed E-state index contributed by atoms with van der Waals surface area (Å²) in [6.45, 7) is 4.65. The van der Waals surface area contributed by atoms with Crippen LogP contribution in [0.3, 0.4) is 0 Å². The molecular formula is C17H20FN3O2. The first-order valence-corrected chi connectivity index (χ1v) is 7.68. The summed E-state index contributed by atoms with van der Waals surface area (Å²) in [5.74, 6) is 0.996. The van der Waals surface area contributed by atoms with E-state index in [1.54, 1.807) is 18.3 Å². The molecule has 0 radical (unpaired) electrons. The Labute approximate surface area is 134 Å². The van der Waals surface area contributed by atoms with Gasteiger partial charge in [-0.3, -0.25) is 4.79 Å². The van der Waals surface area contributed by atoms with Gasteiger partial charge < -0.3 is 14.6 Å². The lowest BCUT2D eigenvalue weighted by Crippen LogP contribution is -2.31. The van der Waals surface area contributed by atoms with Gasteiger partial charge in [0.05, 0.1) is 19.0 Å². The second kappa shape index (κ2) is 6.02. The summed E-state index contributed by atoms with van der Waals surface area (Å²) in [7, 11) is 1.50. The SMILES string of the molecule is COc1ccc(-c2cnc([C@@H]3CC(=O)N(C(C)C)C3)[nH]2)c(F)c1. The normalized spacial score (nSPS) is 18.0. The Morgan fingerprint density at radius 3 is 2.83 bits per heavy atom. The molecule has 1 amide bonds. The highest BCUT2D eigenvalue weighted by molar-refractivity contribution is 5.79. The van der Waals surface area contributed by atoms with Gasteiger partial charge in [-0.25, -0.2) is 9.37 Å². The maximum atomic E-state index is 14.1. The number of aromatic amines is 1. The van der Waals surface area contributed by atoms with Crippen LogP contribution in [0.2, 0.25) is 0 Å². The zero-order valence-electron chi connectivity index (χ0n) is 13.5. The molecule has 0 unspecified atom stereocenters. The predicted molar refractivity (Wildman–Crippen MR) is 84.7 cm³/mol. The van der Waals surface area contributed by atoms with Gasteiger partial charge in [-0.15, -0.1) is 0 Å². The number of aromatic nitrogens is 2. The van der Waals surface area contributed by atoms with E-state index in [1.807, 2.05) is 18.7 Å². The summed E-state index contributed by atoms with van der Waals surface area (Å²) < 4.78 is 19.2. The Morgan fingerprint density at radius 2 is 2.22 bits per heavy atom. The molecule has 1 aliphatic rings. The van der Waals surface area contributed by atoms with Gasteiger partial charge in [0.25, 0.3) is 0 Å². The molecule has 0 aliphatic carbocycles. The number of nitrogens with one attached hydrogen (secondary N) is 1. The fourth-order valence-electron chi connectivity index (χ4n) is 2.94. The molecule has 0 saturated carbocycles. The Hall–Kier alpha value is -2.37. The first kappa shape index (κ1) is 15.5. The van der Waals surface area contributed by atoms with Crippen LogP contribution in [-0.4, -0.2) is 40.5 Å². The number of benzene rings is 1. The van der Waals surface area contributed by atoms with Gasteiger partial charge in [0.1, 0.15) is 17.4 Å². The maximum Gasteiger partial charge on any atom is 0.223 e. The van der Waals surface area contributed by atoms with E-state index in [-0.39, 0.29) is 23.7 Å². The Kier molecular flexibility index (Phi) is 4.07. The molecule has 122 valence electrons. The van der Waals surface area contributed by atoms with E-state index < -0.39 is 0 Å². The maximum absolute atomic E-state index is 14.1. The third-order valence-electron chi connectivity index (χ3n) is 4.23. The van der Waals surface area contributed by atoms with E-state index in [1.165, 1.54) is 13.2 Å². The third-order valence-corrected chi connectivity index (χ3v) is 4.23. The molecule has 1 fully saturated rings. The topological polar surface area (TPSA) is 58.2 Å². The van der Waals surface area contributed by atoms with Gasteiger partial charge in [-0.1, -0.05) is 0 Å². The minimum atomic E-state index is -0.370. The zero-order chi connectivity index (χ0) is 16.6. The van der Waals surface area contributed by atoms with Gasteiger partial charge in [0, 0.05) is 36.6 Å². The highest BCUT2D eigenvalue weighted by atomic mass is 19.1. The lowest BCUT2D eigenvalue weighted by molar-refractivity contribution is -0.129. The molecule has 1 aliphatic heterocycles. The quantitative estimate of drug-likeness (QED) is 0.943. The highest BCUT2D eigenvalue weighted by Gasteiger charge is 2.33. The van der Waals surface area contributed by atoms with Crippen LogP contribution in [0.25, 0.3) is 11.3 Å². The van der Waals surface area contributed by atoms with Gasteiger partial charge in [-0.2, -0.15) is 0 Å². The molecule has 1 aromatic carbocycles. The first-order valence-electron chi connectivity index (χ1n) is 7.68. The van der Waals surface area contributed by atoms with E-state index in [4.69, 9.17) is 4.74 Å². The van der Waals surface area contributed by atoms with Crippen molar-refractivity contribution in [1.82, 2.24) is 14.9 Å². The van der Waals surface area contributed by atoms with Crippen molar-refractivity contribution in [3.8, 4) is 17.0 Å². The summed E-state index contributed by atoms with van der Waals surface area (Å²) in [6, 6.07) is 4.89. The van der Waals surface area contributed by atoms with E-state index >= 15 is 0 Å². The molecule has 6 heteroatoms. The third kappa shape index (κ3) is 2.93. The number of hydrogen-bond donors (Lipinski definition) is 1. The van der Waals surface area contributed by atoms with Crippen LogP contribution in [-0.2, 0) is 4.79 Å². The van der Waals surface area contributed by atoms with Crippen molar-refractivity contribution < 1.29 is 13.9 Å². The lowest BCUT2D eigenvalue weighted by atomic mass is 10.1. The number of methoxy groups -OCH3 is 1. The molecular weight excluding hydrogens is 297 g/mol. The molecule has 1 atom stereocenters. The van der Waals surface area contributed by atoms with Crippen molar-refractivity contribution in [2.24, 2.45) is 0 Å². The summed E-state index contributed by atoms with van der Waals surface area (Å²) in [5.41, 5.74) is 1.05. The number of likely N-dealkylation sites (tertiary alicyclic amines) is 1. The number of H-pyrrole nitrogens is 1. The van der Waals surface area contributed by atoms with Crippen molar-refractivity contribution in [2.75, 3.05) is 13.7 Å². The van der Waals surface area contributed by atoms with Crippen molar-refractivity contribution in [3.05, 3.63) is 36.0 Å². The average Bonchev–Trinajstić information content (AvgIpc) is 3.13. The molecule has 0 spiro atoms. The van der Waals surface area contributed by atoms with Crippen LogP contribution < -0.4 is 4.74 Å². The molecule has 2 heterocycles. The number of ether oxygens (including phenoxy) is 1. The van der Waals surface area contributed by atoms with Crippen molar-refractivity contribution >= 4 is 5.91 Å². The number of amides is 1. The number of carbonyl (C=O) groups is 1. The van der Waals surface area contributed by atoms with Crippen LogP contribution in [0.4, 0.5) is 4.39 Å². The van der Waals surface area contributed by atoms with E-state index in [0.717, 1.165) is 5.82 Å². The number of rotatable bonds is 4. The van der Waals surface area contributed by atoms with Crippen LogP contribution in [0.5, 0.6) is 5.75 Å². The van der Waals surface area contributed by atoms with Crippen molar-refractivity contribution in [1.29, 1.82) is 0 Å². The number of imidazole rings is 1. The van der Waals surface area contributed by atoms with Gasteiger partial charge in [0.2, 0.25) is 5.91 Å². The molecule has 1 aromatic heterocycles. The Morgan fingerprint density at radius 1 is 1.43 bits per heavy atom. The lowest BCUT2D eigenvalue weighted by Gasteiger charge is -2.20. The molecule has 23 heavy (non-hydrogen) atoms. The van der Waals surface area contributed by atoms with Gasteiger partial charge in [0.15, 0.2) is 0 Å². The van der Waals surface area contributed by atoms with E-state index in [0.29, 0.717) is 30.0 Å². The fourth-order valence-corrected chi connectivity index (χ4v) is 2.94. The van der Waals surface area contributed by atoms with E-state index in [9.17, 15) is 9.18 Å². The van der Waals surface area contributed by atoms with Gasteiger partial charge in [-0.05, 0) is 26.0 Å². The molecule has 3 rings (SSSR count). The summed E-state index contributed by atoms with van der Waals surface area (Å²) in [4.78, 5) is 21.4. The Bertz CT molecular complexity index is 726. The van der Waals surface area contributed by atoms with Crippen LogP contribution in [0.1, 0.15) is 32.0 Å². The molecule has 1 N–H and O–H groups in total. The number of hydrogen-bond acceptors (Lipinski definition) is 3. The number of nitrogens with zero attached hydrogens (tertiary/aromatic N) is 2.